The second-order valence-corrected chi connectivity index (χ2v) is 15.3. The van der Waals surface area contributed by atoms with Gasteiger partial charge in [0.15, 0.2) is 0 Å². The van der Waals surface area contributed by atoms with Gasteiger partial charge in [0, 0.05) is 17.1 Å². The van der Waals surface area contributed by atoms with Crippen LogP contribution in [0.1, 0.15) is 50.1 Å². The van der Waals surface area contributed by atoms with E-state index in [0.29, 0.717) is 33.6 Å². The lowest BCUT2D eigenvalue weighted by molar-refractivity contribution is 1.10. The van der Waals surface area contributed by atoms with E-state index in [-0.39, 0.29) is 101 Å². The number of imidazole rings is 3. The van der Waals surface area contributed by atoms with Gasteiger partial charge in [0.2, 0.25) is 0 Å². The Morgan fingerprint density at radius 2 is 0.507 bits per heavy atom. The average Bonchev–Trinajstić information content (AvgIpc) is 4.12. The number of rotatable bonds is 6. The zero-order valence-corrected chi connectivity index (χ0v) is 35.3. The van der Waals surface area contributed by atoms with E-state index in [1.54, 1.807) is 86.5 Å². The van der Waals surface area contributed by atoms with Crippen molar-refractivity contribution < 1.29 is 0 Å². The van der Waals surface area contributed by atoms with Gasteiger partial charge >= 0.3 is 0 Å². The lowest BCUT2D eigenvalue weighted by Gasteiger charge is -2.14. The molecule has 0 atom stereocenters. The van der Waals surface area contributed by atoms with Crippen molar-refractivity contribution in [2.75, 3.05) is 0 Å². The molecular weight excluding hydrogens is 859 g/mol. The minimum Gasteiger partial charge on any atom is -0.290 e. The van der Waals surface area contributed by atoms with Crippen molar-refractivity contribution in [1.29, 1.82) is 47.4 Å². The molecule has 10 rings (SSSR count). The molecule has 10 aromatic rings. The Hall–Kier alpha value is -11.6. The molecule has 7 aromatic carbocycles. The number of benzene rings is 7. The topological polar surface area (TPSA) is 268 Å². The fraction of sp³-hybridized carbons (Fsp3) is 0. The van der Waals surface area contributed by atoms with Crippen LogP contribution in [0.4, 0.5) is 0 Å². The highest BCUT2D eigenvalue weighted by molar-refractivity contribution is 6.22. The van der Waals surface area contributed by atoms with Gasteiger partial charge in [-0.3, -0.25) is 13.7 Å². The van der Waals surface area contributed by atoms with E-state index >= 15 is 0 Å². The summed E-state index contributed by atoms with van der Waals surface area (Å²) >= 11 is 0. The van der Waals surface area contributed by atoms with Gasteiger partial charge in [0.05, 0.1) is 121 Å². The molecule has 312 valence electrons. The number of para-hydroxylation sites is 3. The number of fused-ring (bicyclic) bond motifs is 6. The van der Waals surface area contributed by atoms with Gasteiger partial charge in [-0.1, -0.05) is 54.6 Å². The number of nitrogens with zero attached hydrogens (tertiary/aromatic N) is 15. The van der Waals surface area contributed by atoms with Gasteiger partial charge in [0.25, 0.3) is 0 Å². The zero-order chi connectivity index (χ0) is 47.9. The highest BCUT2D eigenvalue weighted by Gasteiger charge is 2.34. The van der Waals surface area contributed by atoms with Crippen molar-refractivity contribution >= 4 is 33.1 Å². The molecule has 0 aliphatic rings. The molecule has 0 fully saturated rings. The Bertz CT molecular complexity index is 3710. The summed E-state index contributed by atoms with van der Waals surface area (Å²) in [6.07, 6.45) is 0. The normalized spacial score (nSPS) is 10.5. The summed E-state index contributed by atoms with van der Waals surface area (Å²) in [7, 11) is 0. The van der Waals surface area contributed by atoms with Crippen LogP contribution < -0.4 is 0 Å². The van der Waals surface area contributed by atoms with E-state index in [2.05, 4.69) is 36.4 Å². The van der Waals surface area contributed by atoms with Crippen LogP contribution >= 0.6 is 0 Å². The van der Waals surface area contributed by atoms with Gasteiger partial charge < -0.3 is 0 Å². The minimum atomic E-state index is -0.0249. The molecule has 15 heteroatoms. The van der Waals surface area contributed by atoms with Gasteiger partial charge in [-0.2, -0.15) is 47.4 Å². The second-order valence-electron chi connectivity index (χ2n) is 15.3. The molecule has 0 spiro atoms. The number of aromatic nitrogens is 6. The Balaban J connectivity index is 1.57. The summed E-state index contributed by atoms with van der Waals surface area (Å²) in [6.45, 7) is 0. The maximum atomic E-state index is 10.7. The molecule has 0 amide bonds. The highest BCUT2D eigenvalue weighted by atomic mass is 15.2. The Morgan fingerprint density at radius 1 is 0.290 bits per heavy atom. The van der Waals surface area contributed by atoms with Gasteiger partial charge in [-0.05, 0) is 72.8 Å². The fourth-order valence-electron chi connectivity index (χ4n) is 8.77. The Labute approximate surface area is 391 Å². The van der Waals surface area contributed by atoms with E-state index in [9.17, 15) is 47.4 Å². The first-order valence-corrected chi connectivity index (χ1v) is 20.6. The molecule has 0 aliphatic carbocycles. The van der Waals surface area contributed by atoms with E-state index in [1.165, 1.54) is 36.4 Å². The van der Waals surface area contributed by atoms with Crippen molar-refractivity contribution in [2.45, 2.75) is 0 Å². The van der Waals surface area contributed by atoms with Crippen LogP contribution in [0.5, 0.6) is 0 Å². The molecule has 0 radical (unpaired) electrons. The molecule has 15 nitrogen and oxygen atoms in total. The summed E-state index contributed by atoms with van der Waals surface area (Å²) in [6, 6.07) is 54.4. The molecule has 0 saturated carbocycles. The number of hydrogen-bond acceptors (Lipinski definition) is 12. The molecular formula is C54H21N15. The maximum absolute atomic E-state index is 10.7. The quantitative estimate of drug-likeness (QED) is 0.151. The summed E-state index contributed by atoms with van der Waals surface area (Å²) in [5.41, 5.74) is 3.47. The van der Waals surface area contributed by atoms with Crippen LogP contribution in [-0.2, 0) is 0 Å². The van der Waals surface area contributed by atoms with Crippen molar-refractivity contribution in [3.8, 4) is 106 Å². The van der Waals surface area contributed by atoms with Gasteiger partial charge in [0.1, 0.15) is 50.6 Å². The van der Waals surface area contributed by atoms with Crippen molar-refractivity contribution in [1.82, 2.24) is 28.7 Å². The van der Waals surface area contributed by atoms with Crippen molar-refractivity contribution in [3.63, 3.8) is 0 Å². The molecule has 0 N–H and O–H groups in total. The SMILES string of the molecule is N#Cc1cc(C#N)c(-c2nc3c(c4nc(-c5c(C#N)cc(C#N)cc5C#N)n(-c5ccccc5)c4c4nc(-c5c(C#N)cc(C#N)cc5C#N)n(-c5ccccc5)c34)n2-c2ccccc2)c(C#N)c1. The van der Waals surface area contributed by atoms with Crippen LogP contribution in [0.3, 0.4) is 0 Å². The third kappa shape index (κ3) is 6.32. The van der Waals surface area contributed by atoms with Crippen molar-refractivity contribution in [3.05, 3.63) is 177 Å². The number of hydrogen-bond donors (Lipinski definition) is 0. The molecule has 0 unspecified atom stereocenters. The lowest BCUT2D eigenvalue weighted by Crippen LogP contribution is -2.02. The summed E-state index contributed by atoms with van der Waals surface area (Å²) in [4.78, 5) is 16.0. The van der Waals surface area contributed by atoms with Gasteiger partial charge in [-0.25, -0.2) is 15.0 Å². The Morgan fingerprint density at radius 3 is 0.696 bits per heavy atom. The number of nitriles is 9. The first kappa shape index (κ1) is 41.4. The van der Waals surface area contributed by atoms with E-state index in [4.69, 9.17) is 15.0 Å². The molecule has 0 bridgehead atoms. The Kier molecular flexibility index (Phi) is 9.89. The largest absolute Gasteiger partial charge is 0.290 e. The van der Waals surface area contributed by atoms with E-state index in [1.807, 2.05) is 36.4 Å². The van der Waals surface area contributed by atoms with E-state index < -0.39 is 0 Å². The smallest absolute Gasteiger partial charge is 0.148 e. The lowest BCUT2D eigenvalue weighted by atomic mass is 9.98. The second kappa shape index (κ2) is 16.5. The minimum absolute atomic E-state index is 0.0249. The van der Waals surface area contributed by atoms with Crippen LogP contribution in [0, 0.1) is 102 Å². The summed E-state index contributed by atoms with van der Waals surface area (Å²) in [5.74, 6) is 0.301. The van der Waals surface area contributed by atoms with Crippen LogP contribution in [0.2, 0.25) is 0 Å². The van der Waals surface area contributed by atoms with Crippen LogP contribution in [0.15, 0.2) is 127 Å². The summed E-state index contributed by atoms with van der Waals surface area (Å²) in [5, 5.41) is 94.1. The maximum Gasteiger partial charge on any atom is 0.148 e. The highest BCUT2D eigenvalue weighted by Crippen LogP contribution is 2.46. The first-order valence-electron chi connectivity index (χ1n) is 20.6. The fourth-order valence-corrected chi connectivity index (χ4v) is 8.77. The third-order valence-corrected chi connectivity index (χ3v) is 11.5. The van der Waals surface area contributed by atoms with Crippen LogP contribution in [0.25, 0.3) is 84.3 Å². The standard InChI is InChI=1S/C54H21N15/c55-22-31-16-34(25-58)43(35(17-31)26-59)52-64-46-49(67(52)40-10-4-1-5-11-40)47-51(69(42-14-8-3-9-15-42)53(65-47)44-36(27-60)18-32(23-56)19-37(44)28-61)48-50(46)68(41-12-6-2-7-13-41)54(66-48)45-38(29-62)20-33(24-57)21-39(45)30-63/h1-21H. The van der Waals surface area contributed by atoms with Crippen molar-refractivity contribution in [2.24, 2.45) is 0 Å². The summed E-state index contributed by atoms with van der Waals surface area (Å²) < 4.78 is 5.23. The predicted octanol–water partition coefficient (Wildman–Crippen LogP) is 9.55. The first-order chi connectivity index (χ1) is 33.8. The van der Waals surface area contributed by atoms with Gasteiger partial charge in [-0.15, -0.1) is 0 Å². The zero-order valence-electron chi connectivity index (χ0n) is 35.3. The average molecular weight is 880 g/mol. The predicted molar refractivity (Wildman–Crippen MR) is 249 cm³/mol. The molecule has 69 heavy (non-hydrogen) atoms. The molecule has 3 heterocycles. The van der Waals surface area contributed by atoms with Crippen LogP contribution in [-0.4, -0.2) is 28.7 Å². The monoisotopic (exact) mass is 879 g/mol. The third-order valence-electron chi connectivity index (χ3n) is 11.5. The van der Waals surface area contributed by atoms with E-state index in [0.717, 1.165) is 0 Å². The molecule has 3 aromatic heterocycles. The molecule has 0 saturated heterocycles. The molecule has 0 aliphatic heterocycles.